The summed E-state index contributed by atoms with van der Waals surface area (Å²) in [6, 6.07) is 8.66. The molecule has 3 amide bonds. The third kappa shape index (κ3) is 4.58. The molecule has 6 heteroatoms. The molecule has 22 heavy (non-hydrogen) atoms. The van der Waals surface area contributed by atoms with Crippen molar-refractivity contribution in [2.45, 2.75) is 44.2 Å². The van der Waals surface area contributed by atoms with Crippen LogP contribution in [0.2, 0.25) is 0 Å². The number of carbonyl (C=O) groups excluding carboxylic acids is 3. The first-order valence-electron chi connectivity index (χ1n) is 7.49. The molecule has 4 N–H and O–H groups in total. The average Bonchev–Trinajstić information content (AvgIpc) is 2.93. The van der Waals surface area contributed by atoms with Gasteiger partial charge < -0.3 is 16.4 Å². The molecule has 0 unspecified atom stereocenters. The molecular formula is C16H21N3O3. The molecule has 0 radical (unpaired) electrons. The first kappa shape index (κ1) is 16.0. The van der Waals surface area contributed by atoms with Crippen LogP contribution in [0, 0.1) is 0 Å². The Kier molecular flexibility index (Phi) is 5.52. The zero-order chi connectivity index (χ0) is 15.9. The molecule has 2 atom stereocenters. The van der Waals surface area contributed by atoms with Crippen molar-refractivity contribution >= 4 is 17.7 Å². The van der Waals surface area contributed by atoms with E-state index in [4.69, 9.17) is 5.73 Å². The highest BCUT2D eigenvalue weighted by molar-refractivity contribution is 5.93. The molecule has 1 fully saturated rings. The van der Waals surface area contributed by atoms with Crippen molar-refractivity contribution in [1.29, 1.82) is 0 Å². The molecule has 1 aliphatic heterocycles. The van der Waals surface area contributed by atoms with E-state index in [0.717, 1.165) is 12.8 Å². The minimum Gasteiger partial charge on any atom is -0.368 e. The number of nitrogens with two attached hydrogens (primary N) is 1. The lowest BCUT2D eigenvalue weighted by Crippen LogP contribution is -2.50. The molecule has 1 heterocycles. The van der Waals surface area contributed by atoms with Gasteiger partial charge >= 0.3 is 0 Å². The van der Waals surface area contributed by atoms with E-state index in [1.54, 1.807) is 0 Å². The summed E-state index contributed by atoms with van der Waals surface area (Å²) in [5.74, 6) is -1.03. The largest absolute Gasteiger partial charge is 0.368 e. The summed E-state index contributed by atoms with van der Waals surface area (Å²) in [6.45, 7) is 0. The van der Waals surface area contributed by atoms with Crippen molar-refractivity contribution in [3.8, 4) is 0 Å². The highest BCUT2D eigenvalue weighted by atomic mass is 16.2. The molecule has 0 aromatic heterocycles. The second kappa shape index (κ2) is 7.59. The van der Waals surface area contributed by atoms with E-state index >= 15 is 0 Å². The van der Waals surface area contributed by atoms with E-state index in [9.17, 15) is 14.4 Å². The molecule has 0 aliphatic carbocycles. The molecular weight excluding hydrogens is 282 g/mol. The van der Waals surface area contributed by atoms with Gasteiger partial charge in [0.15, 0.2) is 0 Å². The van der Waals surface area contributed by atoms with Crippen LogP contribution in [0.1, 0.15) is 31.2 Å². The quantitative estimate of drug-likeness (QED) is 0.673. The van der Waals surface area contributed by atoms with Crippen LogP contribution in [0.4, 0.5) is 0 Å². The Labute approximate surface area is 129 Å². The maximum atomic E-state index is 12.0. The lowest BCUT2D eigenvalue weighted by atomic mass is 10.0. The second-order valence-corrected chi connectivity index (χ2v) is 5.50. The molecule has 118 valence electrons. The van der Waals surface area contributed by atoms with Crippen molar-refractivity contribution in [1.82, 2.24) is 10.6 Å². The Morgan fingerprint density at radius 3 is 2.64 bits per heavy atom. The average molecular weight is 303 g/mol. The highest BCUT2D eigenvalue weighted by Crippen LogP contribution is 2.09. The molecule has 1 aliphatic rings. The summed E-state index contributed by atoms with van der Waals surface area (Å²) in [5, 5.41) is 5.21. The molecule has 1 aromatic rings. The van der Waals surface area contributed by atoms with Crippen LogP contribution >= 0.6 is 0 Å². The second-order valence-electron chi connectivity index (χ2n) is 5.50. The number of hydrogen-bond donors (Lipinski definition) is 3. The molecule has 1 aromatic carbocycles. The monoisotopic (exact) mass is 303 g/mol. The fourth-order valence-corrected chi connectivity index (χ4v) is 2.52. The molecule has 6 nitrogen and oxygen atoms in total. The summed E-state index contributed by atoms with van der Waals surface area (Å²) >= 11 is 0. The molecule has 0 saturated carbocycles. The van der Waals surface area contributed by atoms with Gasteiger partial charge in [-0.05, 0) is 31.2 Å². The zero-order valence-corrected chi connectivity index (χ0v) is 12.4. The SMILES string of the molecule is NC(=O)[C@@H](CCCc1ccccc1)NC(=O)[C@H]1CCC(=O)N1. The van der Waals surface area contributed by atoms with E-state index < -0.39 is 18.0 Å². The molecule has 0 bridgehead atoms. The van der Waals surface area contributed by atoms with Crippen LogP contribution in [-0.2, 0) is 20.8 Å². The van der Waals surface area contributed by atoms with Crippen molar-refractivity contribution < 1.29 is 14.4 Å². The van der Waals surface area contributed by atoms with Gasteiger partial charge in [-0.15, -0.1) is 0 Å². The van der Waals surface area contributed by atoms with Crippen molar-refractivity contribution in [2.24, 2.45) is 5.73 Å². The third-order valence-corrected chi connectivity index (χ3v) is 3.77. The lowest BCUT2D eigenvalue weighted by Gasteiger charge is -2.18. The van der Waals surface area contributed by atoms with Gasteiger partial charge in [-0.25, -0.2) is 0 Å². The number of carbonyl (C=O) groups is 3. The molecule has 1 saturated heterocycles. The normalized spacial score (nSPS) is 18.5. The van der Waals surface area contributed by atoms with Gasteiger partial charge in [-0.2, -0.15) is 0 Å². The van der Waals surface area contributed by atoms with Gasteiger partial charge in [0, 0.05) is 6.42 Å². The maximum Gasteiger partial charge on any atom is 0.243 e. The van der Waals surface area contributed by atoms with Gasteiger partial charge in [0.05, 0.1) is 0 Å². The first-order chi connectivity index (χ1) is 10.6. The summed E-state index contributed by atoms with van der Waals surface area (Å²) in [5.41, 5.74) is 6.53. The maximum absolute atomic E-state index is 12.0. The van der Waals surface area contributed by atoms with E-state index in [2.05, 4.69) is 10.6 Å². The van der Waals surface area contributed by atoms with Crippen molar-refractivity contribution in [3.05, 3.63) is 35.9 Å². The summed E-state index contributed by atoms with van der Waals surface area (Å²) in [6.07, 6.45) is 2.85. The van der Waals surface area contributed by atoms with Gasteiger partial charge in [0.2, 0.25) is 17.7 Å². The van der Waals surface area contributed by atoms with Gasteiger partial charge in [0.1, 0.15) is 12.1 Å². The third-order valence-electron chi connectivity index (χ3n) is 3.77. The van der Waals surface area contributed by atoms with E-state index in [1.165, 1.54) is 5.56 Å². The summed E-state index contributed by atoms with van der Waals surface area (Å²) in [4.78, 5) is 34.6. The van der Waals surface area contributed by atoms with Crippen LogP contribution in [-0.4, -0.2) is 29.8 Å². The van der Waals surface area contributed by atoms with Gasteiger partial charge in [0.25, 0.3) is 0 Å². The Bertz CT molecular complexity index is 545. The smallest absolute Gasteiger partial charge is 0.243 e. The number of primary amides is 1. The fourth-order valence-electron chi connectivity index (χ4n) is 2.52. The van der Waals surface area contributed by atoms with Crippen LogP contribution < -0.4 is 16.4 Å². The van der Waals surface area contributed by atoms with E-state index in [1.807, 2.05) is 30.3 Å². The Hall–Kier alpha value is -2.37. The zero-order valence-electron chi connectivity index (χ0n) is 12.4. The minimum atomic E-state index is -0.700. The number of benzene rings is 1. The Morgan fingerprint density at radius 2 is 2.05 bits per heavy atom. The number of rotatable bonds is 7. The summed E-state index contributed by atoms with van der Waals surface area (Å²) < 4.78 is 0. The molecule has 0 spiro atoms. The minimum absolute atomic E-state index is 0.139. The van der Waals surface area contributed by atoms with E-state index in [0.29, 0.717) is 19.3 Å². The number of hydrogen-bond acceptors (Lipinski definition) is 3. The Balaban J connectivity index is 1.81. The van der Waals surface area contributed by atoms with Gasteiger partial charge in [-0.3, -0.25) is 14.4 Å². The number of amides is 3. The van der Waals surface area contributed by atoms with Crippen LogP contribution in [0.15, 0.2) is 30.3 Å². The predicted molar refractivity (Wildman–Crippen MR) is 81.7 cm³/mol. The lowest BCUT2D eigenvalue weighted by molar-refractivity contribution is -0.129. The standard InChI is InChI=1S/C16H21N3O3/c17-15(21)12(8-4-7-11-5-2-1-3-6-11)19-16(22)13-9-10-14(20)18-13/h1-3,5-6,12-13H,4,7-10H2,(H2,17,21)(H,18,20)(H,19,22)/t12-,13-/m1/s1. The number of aryl methyl sites for hydroxylation is 1. The predicted octanol–water partition coefficient (Wildman–Crippen LogP) is 0.258. The number of nitrogens with one attached hydrogen (secondary N) is 2. The van der Waals surface area contributed by atoms with Crippen molar-refractivity contribution in [2.75, 3.05) is 0 Å². The van der Waals surface area contributed by atoms with Gasteiger partial charge in [-0.1, -0.05) is 30.3 Å². The van der Waals surface area contributed by atoms with Crippen LogP contribution in [0.3, 0.4) is 0 Å². The topological polar surface area (TPSA) is 101 Å². The summed E-state index contributed by atoms with van der Waals surface area (Å²) in [7, 11) is 0. The Morgan fingerprint density at radius 1 is 1.32 bits per heavy atom. The highest BCUT2D eigenvalue weighted by Gasteiger charge is 2.29. The van der Waals surface area contributed by atoms with Crippen molar-refractivity contribution in [3.63, 3.8) is 0 Å². The van der Waals surface area contributed by atoms with Crippen LogP contribution in [0.5, 0.6) is 0 Å². The van der Waals surface area contributed by atoms with Crippen LogP contribution in [0.25, 0.3) is 0 Å². The fraction of sp³-hybridized carbons (Fsp3) is 0.438. The van der Waals surface area contributed by atoms with E-state index in [-0.39, 0.29) is 11.8 Å². The first-order valence-corrected chi connectivity index (χ1v) is 7.49. The molecule has 2 rings (SSSR count).